The first-order valence-electron chi connectivity index (χ1n) is 7.38. The van der Waals surface area contributed by atoms with Gasteiger partial charge in [0.25, 0.3) is 0 Å². The van der Waals surface area contributed by atoms with Crippen LogP contribution >= 0.6 is 0 Å². The monoisotopic (exact) mass is 293 g/mol. The third-order valence-electron chi connectivity index (χ3n) is 4.36. The molecular weight excluding hydrogens is 272 g/mol. The van der Waals surface area contributed by atoms with Gasteiger partial charge in [-0.25, -0.2) is 13.8 Å². The molecular formula is C16H21F2N3. The second-order valence-corrected chi connectivity index (χ2v) is 6.57. The maximum Gasteiger partial charge on any atom is 0.151 e. The van der Waals surface area contributed by atoms with Crippen LogP contribution in [-0.4, -0.2) is 33.7 Å². The number of halogens is 2. The molecule has 0 amide bonds. The van der Waals surface area contributed by atoms with Gasteiger partial charge in [0.1, 0.15) is 17.5 Å². The molecule has 2 aromatic rings. The molecule has 21 heavy (non-hydrogen) atoms. The van der Waals surface area contributed by atoms with Gasteiger partial charge in [-0.2, -0.15) is 0 Å². The lowest BCUT2D eigenvalue weighted by Gasteiger charge is -2.46. The molecule has 3 rings (SSSR count). The van der Waals surface area contributed by atoms with E-state index < -0.39 is 11.7 Å². The van der Waals surface area contributed by atoms with Crippen molar-refractivity contribution in [1.82, 2.24) is 14.5 Å². The molecule has 1 fully saturated rings. The minimum Gasteiger partial charge on any atom is -0.324 e. The number of hydrogen-bond donors (Lipinski definition) is 0. The van der Waals surface area contributed by atoms with Crippen molar-refractivity contribution < 1.29 is 8.78 Å². The van der Waals surface area contributed by atoms with Crippen LogP contribution < -0.4 is 0 Å². The molecule has 0 N–H and O–H groups in total. The van der Waals surface area contributed by atoms with Crippen LogP contribution in [0.1, 0.15) is 39.6 Å². The van der Waals surface area contributed by atoms with Crippen molar-refractivity contribution in [2.45, 2.75) is 45.4 Å². The van der Waals surface area contributed by atoms with Gasteiger partial charge >= 0.3 is 0 Å². The predicted molar refractivity (Wildman–Crippen MR) is 79.6 cm³/mol. The summed E-state index contributed by atoms with van der Waals surface area (Å²) in [6, 6.07) is 5.18. The smallest absolute Gasteiger partial charge is 0.151 e. The summed E-state index contributed by atoms with van der Waals surface area (Å²) in [4.78, 5) is 6.61. The summed E-state index contributed by atoms with van der Waals surface area (Å²) in [5, 5.41) is 0. The SMILES string of the molecule is CC(C)n1c(C(C)(C)N2CC(F)C2)nc2c(F)cccc21. The fourth-order valence-corrected chi connectivity index (χ4v) is 3.06. The number of likely N-dealkylation sites (tertiary alicyclic amines) is 1. The van der Waals surface area contributed by atoms with Crippen LogP contribution in [0.25, 0.3) is 11.0 Å². The lowest BCUT2D eigenvalue weighted by Crippen LogP contribution is -2.57. The first-order valence-corrected chi connectivity index (χ1v) is 7.38. The van der Waals surface area contributed by atoms with Crippen LogP contribution in [-0.2, 0) is 5.54 Å². The van der Waals surface area contributed by atoms with Gasteiger partial charge in [-0.15, -0.1) is 0 Å². The summed E-state index contributed by atoms with van der Waals surface area (Å²) >= 11 is 0. The van der Waals surface area contributed by atoms with E-state index in [1.807, 2.05) is 19.9 Å². The molecule has 0 spiro atoms. The van der Waals surface area contributed by atoms with Crippen molar-refractivity contribution in [3.05, 3.63) is 29.8 Å². The number of benzene rings is 1. The Labute approximate surface area is 123 Å². The molecule has 0 radical (unpaired) electrons. The van der Waals surface area contributed by atoms with Gasteiger partial charge in [0, 0.05) is 19.1 Å². The van der Waals surface area contributed by atoms with Crippen LogP contribution in [0.5, 0.6) is 0 Å². The Morgan fingerprint density at radius 3 is 2.52 bits per heavy atom. The minimum absolute atomic E-state index is 0.161. The van der Waals surface area contributed by atoms with Crippen molar-refractivity contribution >= 4 is 11.0 Å². The molecule has 0 bridgehead atoms. The zero-order valence-corrected chi connectivity index (χ0v) is 12.9. The average molecular weight is 293 g/mol. The first kappa shape index (κ1) is 14.4. The van der Waals surface area contributed by atoms with Gasteiger partial charge < -0.3 is 4.57 Å². The predicted octanol–water partition coefficient (Wildman–Crippen LogP) is 3.65. The van der Waals surface area contributed by atoms with Crippen LogP contribution in [0.2, 0.25) is 0 Å². The normalized spacial score (nSPS) is 17.7. The molecule has 1 aliphatic rings. The van der Waals surface area contributed by atoms with Crippen molar-refractivity contribution in [1.29, 1.82) is 0 Å². The van der Waals surface area contributed by atoms with E-state index >= 15 is 0 Å². The van der Waals surface area contributed by atoms with Gasteiger partial charge in [0.05, 0.1) is 11.1 Å². The van der Waals surface area contributed by atoms with Crippen molar-refractivity contribution in [2.24, 2.45) is 0 Å². The number of hydrogen-bond acceptors (Lipinski definition) is 2. The fourth-order valence-electron chi connectivity index (χ4n) is 3.06. The maximum absolute atomic E-state index is 14.0. The topological polar surface area (TPSA) is 21.1 Å². The third-order valence-corrected chi connectivity index (χ3v) is 4.36. The Kier molecular flexibility index (Phi) is 3.28. The van der Waals surface area contributed by atoms with Crippen LogP contribution in [0.3, 0.4) is 0 Å². The summed E-state index contributed by atoms with van der Waals surface area (Å²) in [7, 11) is 0. The van der Waals surface area contributed by atoms with Crippen molar-refractivity contribution in [3.63, 3.8) is 0 Å². The Bertz CT molecular complexity index is 669. The number of alkyl halides is 1. The molecule has 0 aliphatic carbocycles. The van der Waals surface area contributed by atoms with E-state index in [1.165, 1.54) is 6.07 Å². The number of imidazole rings is 1. The third kappa shape index (κ3) is 2.14. The van der Waals surface area contributed by atoms with Crippen LogP contribution in [0.4, 0.5) is 8.78 Å². The molecule has 114 valence electrons. The highest BCUT2D eigenvalue weighted by atomic mass is 19.1. The van der Waals surface area contributed by atoms with Gasteiger partial charge in [-0.3, -0.25) is 4.90 Å². The summed E-state index contributed by atoms with van der Waals surface area (Å²) in [5.74, 6) is 0.487. The lowest BCUT2D eigenvalue weighted by molar-refractivity contribution is -0.0220. The van der Waals surface area contributed by atoms with Gasteiger partial charge in [-0.05, 0) is 39.8 Å². The highest BCUT2D eigenvalue weighted by Crippen LogP contribution is 2.36. The molecule has 0 unspecified atom stereocenters. The van der Waals surface area contributed by atoms with E-state index in [9.17, 15) is 8.78 Å². The summed E-state index contributed by atoms with van der Waals surface area (Å²) in [5.41, 5.74) is 0.773. The Hall–Kier alpha value is -1.49. The number of para-hydroxylation sites is 1. The number of rotatable bonds is 3. The summed E-state index contributed by atoms with van der Waals surface area (Å²) < 4.78 is 29.3. The zero-order valence-electron chi connectivity index (χ0n) is 12.9. The molecule has 0 atom stereocenters. The van der Waals surface area contributed by atoms with E-state index in [-0.39, 0.29) is 11.9 Å². The molecule has 0 saturated carbocycles. The number of aromatic nitrogens is 2. The highest BCUT2D eigenvalue weighted by molar-refractivity contribution is 5.77. The molecule has 1 aliphatic heterocycles. The summed E-state index contributed by atoms with van der Waals surface area (Å²) in [6.45, 7) is 8.99. The Balaban J connectivity index is 2.17. The first-order chi connectivity index (χ1) is 9.82. The molecule has 3 nitrogen and oxygen atoms in total. The van der Waals surface area contributed by atoms with E-state index in [4.69, 9.17) is 0 Å². The minimum atomic E-state index is -0.766. The largest absolute Gasteiger partial charge is 0.324 e. The van der Waals surface area contributed by atoms with E-state index in [0.717, 1.165) is 11.3 Å². The molecule has 2 heterocycles. The molecule has 5 heteroatoms. The van der Waals surface area contributed by atoms with Crippen LogP contribution in [0.15, 0.2) is 18.2 Å². The van der Waals surface area contributed by atoms with E-state index in [2.05, 4.69) is 28.3 Å². The quantitative estimate of drug-likeness (QED) is 0.861. The zero-order chi connectivity index (χ0) is 15.4. The van der Waals surface area contributed by atoms with Crippen LogP contribution in [0, 0.1) is 5.82 Å². The number of nitrogens with zero attached hydrogens (tertiary/aromatic N) is 3. The summed E-state index contributed by atoms with van der Waals surface area (Å²) in [6.07, 6.45) is -0.766. The van der Waals surface area contributed by atoms with Crippen molar-refractivity contribution in [2.75, 3.05) is 13.1 Å². The Morgan fingerprint density at radius 1 is 1.29 bits per heavy atom. The maximum atomic E-state index is 14.0. The average Bonchev–Trinajstić information content (AvgIpc) is 2.76. The van der Waals surface area contributed by atoms with Crippen molar-refractivity contribution in [3.8, 4) is 0 Å². The molecule has 1 aromatic heterocycles. The van der Waals surface area contributed by atoms with Gasteiger partial charge in [-0.1, -0.05) is 6.07 Å². The lowest BCUT2D eigenvalue weighted by atomic mass is 9.96. The second kappa shape index (κ2) is 4.77. The van der Waals surface area contributed by atoms with Gasteiger partial charge in [0.15, 0.2) is 5.82 Å². The molecule has 1 aromatic carbocycles. The van der Waals surface area contributed by atoms with Gasteiger partial charge in [0.2, 0.25) is 0 Å². The number of fused-ring (bicyclic) bond motifs is 1. The Morgan fingerprint density at radius 2 is 1.95 bits per heavy atom. The fraction of sp³-hybridized carbons (Fsp3) is 0.562. The van der Waals surface area contributed by atoms with E-state index in [0.29, 0.717) is 18.6 Å². The standard InChI is InChI=1S/C16H21F2N3/c1-10(2)21-13-7-5-6-12(18)14(13)19-15(21)16(3,4)20-8-11(17)9-20/h5-7,10-11H,8-9H2,1-4H3. The van der Waals surface area contributed by atoms with E-state index in [1.54, 1.807) is 6.07 Å². The second-order valence-electron chi connectivity index (χ2n) is 6.57. The highest BCUT2D eigenvalue weighted by Gasteiger charge is 2.42. The molecule has 1 saturated heterocycles.